The van der Waals surface area contributed by atoms with Crippen LogP contribution in [-0.2, 0) is 11.2 Å². The van der Waals surface area contributed by atoms with Crippen LogP contribution in [0.5, 0.6) is 5.75 Å². The number of allylic oxidation sites excluding steroid dienone is 5. The van der Waals surface area contributed by atoms with Crippen molar-refractivity contribution in [1.82, 2.24) is 0 Å². The standard InChI is InChI=1S/C25H26O2/c1-3-8-19-16-21(12-14-23(19)26)25(18-10-6-5-7-11-18)22-13-15-24(27)20(17-22)9-4-2/h5-7,10-17,26H,3-4,8-9H2,1-2H3/p-1/b25-22+. The van der Waals surface area contributed by atoms with Crippen molar-refractivity contribution >= 4 is 11.4 Å². The molecule has 0 N–H and O–H groups in total. The van der Waals surface area contributed by atoms with E-state index in [1.165, 1.54) is 0 Å². The van der Waals surface area contributed by atoms with Gasteiger partial charge in [0.15, 0.2) is 5.78 Å². The van der Waals surface area contributed by atoms with Gasteiger partial charge in [0, 0.05) is 5.57 Å². The lowest BCUT2D eigenvalue weighted by Crippen LogP contribution is -2.05. The monoisotopic (exact) mass is 357 g/mol. The Morgan fingerprint density at radius 2 is 1.63 bits per heavy atom. The second-order valence-corrected chi connectivity index (χ2v) is 6.89. The van der Waals surface area contributed by atoms with Crippen LogP contribution in [0.4, 0.5) is 0 Å². The topological polar surface area (TPSA) is 40.1 Å². The molecular formula is C25H25O2-. The fraction of sp³-hybridized carbons (Fsp3) is 0.240. The molecule has 3 rings (SSSR count). The zero-order valence-electron chi connectivity index (χ0n) is 16.0. The highest BCUT2D eigenvalue weighted by atomic mass is 16.3. The maximum absolute atomic E-state index is 12.2. The molecule has 2 nitrogen and oxygen atoms in total. The lowest BCUT2D eigenvalue weighted by atomic mass is 9.87. The molecular weight excluding hydrogens is 332 g/mol. The Bertz CT molecular complexity index is 915. The van der Waals surface area contributed by atoms with Crippen molar-refractivity contribution in [3.63, 3.8) is 0 Å². The number of carbonyl (C=O) groups excluding carboxylic acids is 1. The van der Waals surface area contributed by atoms with E-state index >= 15 is 0 Å². The first-order valence-corrected chi connectivity index (χ1v) is 9.67. The van der Waals surface area contributed by atoms with Gasteiger partial charge in [-0.2, -0.15) is 0 Å². The quantitative estimate of drug-likeness (QED) is 0.696. The molecule has 1 aliphatic carbocycles. The Balaban J connectivity index is 2.21. The summed E-state index contributed by atoms with van der Waals surface area (Å²) < 4.78 is 0. The molecule has 0 spiro atoms. The normalized spacial score (nSPS) is 15.6. The number of aryl methyl sites for hydroxylation is 1. The third-order valence-corrected chi connectivity index (χ3v) is 4.80. The van der Waals surface area contributed by atoms with Crippen molar-refractivity contribution in [2.45, 2.75) is 39.5 Å². The molecule has 0 amide bonds. The SMILES string of the molecule is CCCC1=C/C(=C(\c2ccccc2)c2ccc([O-])c(CCC)c2)C=CC1=O. The average Bonchev–Trinajstić information content (AvgIpc) is 2.68. The van der Waals surface area contributed by atoms with Gasteiger partial charge >= 0.3 is 0 Å². The molecule has 0 saturated carbocycles. The van der Waals surface area contributed by atoms with Gasteiger partial charge in [-0.1, -0.05) is 86.9 Å². The molecule has 2 heteroatoms. The minimum Gasteiger partial charge on any atom is -0.872 e. The van der Waals surface area contributed by atoms with Crippen LogP contribution in [0, 0.1) is 0 Å². The predicted octanol–water partition coefficient (Wildman–Crippen LogP) is 5.38. The van der Waals surface area contributed by atoms with E-state index in [-0.39, 0.29) is 11.5 Å². The first kappa shape index (κ1) is 18.9. The van der Waals surface area contributed by atoms with Crippen LogP contribution in [0.15, 0.2) is 77.9 Å². The predicted molar refractivity (Wildman–Crippen MR) is 109 cm³/mol. The smallest absolute Gasteiger partial charge is 0.181 e. The van der Waals surface area contributed by atoms with E-state index in [0.29, 0.717) is 0 Å². The molecule has 1 aliphatic rings. The zero-order valence-corrected chi connectivity index (χ0v) is 16.0. The summed E-state index contributed by atoms with van der Waals surface area (Å²) in [6.07, 6.45) is 8.99. The third kappa shape index (κ3) is 4.28. The first-order valence-electron chi connectivity index (χ1n) is 9.67. The van der Waals surface area contributed by atoms with Crippen LogP contribution in [0.1, 0.15) is 49.8 Å². The van der Waals surface area contributed by atoms with Crippen molar-refractivity contribution in [3.05, 3.63) is 94.6 Å². The van der Waals surface area contributed by atoms with Gasteiger partial charge in [-0.05, 0) is 47.3 Å². The highest BCUT2D eigenvalue weighted by Crippen LogP contribution is 2.33. The Kier molecular flexibility index (Phi) is 6.08. The molecule has 27 heavy (non-hydrogen) atoms. The first-order chi connectivity index (χ1) is 13.1. The Morgan fingerprint density at radius 1 is 0.889 bits per heavy atom. The third-order valence-electron chi connectivity index (χ3n) is 4.80. The van der Waals surface area contributed by atoms with Gasteiger partial charge in [-0.3, -0.25) is 4.79 Å². The summed E-state index contributed by atoms with van der Waals surface area (Å²) in [4.78, 5) is 12.2. The summed E-state index contributed by atoms with van der Waals surface area (Å²) in [5.41, 5.74) is 5.87. The zero-order chi connectivity index (χ0) is 19.2. The summed E-state index contributed by atoms with van der Waals surface area (Å²) in [5, 5.41) is 12.2. The van der Waals surface area contributed by atoms with E-state index in [1.54, 1.807) is 12.1 Å². The molecule has 138 valence electrons. The summed E-state index contributed by atoms with van der Waals surface area (Å²) in [6.45, 7) is 4.16. The molecule has 0 atom stereocenters. The van der Waals surface area contributed by atoms with Gasteiger partial charge < -0.3 is 5.11 Å². The fourth-order valence-electron chi connectivity index (χ4n) is 3.50. The van der Waals surface area contributed by atoms with Crippen molar-refractivity contribution in [2.75, 3.05) is 0 Å². The Morgan fingerprint density at radius 3 is 2.33 bits per heavy atom. The molecule has 0 bridgehead atoms. The molecule has 0 unspecified atom stereocenters. The number of ketones is 1. The second-order valence-electron chi connectivity index (χ2n) is 6.89. The van der Waals surface area contributed by atoms with Crippen LogP contribution in [-0.4, -0.2) is 5.78 Å². The van der Waals surface area contributed by atoms with Gasteiger partial charge in [0.1, 0.15) is 0 Å². The van der Waals surface area contributed by atoms with E-state index in [2.05, 4.69) is 26.0 Å². The largest absolute Gasteiger partial charge is 0.872 e. The van der Waals surface area contributed by atoms with E-state index in [1.807, 2.05) is 42.5 Å². The van der Waals surface area contributed by atoms with Crippen LogP contribution in [0.2, 0.25) is 0 Å². The number of rotatable bonds is 6. The summed E-state index contributed by atoms with van der Waals surface area (Å²) in [5.74, 6) is 0.184. The van der Waals surface area contributed by atoms with Gasteiger partial charge in [0.05, 0.1) is 0 Å². The van der Waals surface area contributed by atoms with Crippen molar-refractivity contribution < 1.29 is 9.90 Å². The molecule has 0 heterocycles. The molecule has 0 fully saturated rings. The highest BCUT2D eigenvalue weighted by molar-refractivity contribution is 6.07. The van der Waals surface area contributed by atoms with Crippen molar-refractivity contribution in [1.29, 1.82) is 0 Å². The minimum atomic E-state index is 0.0922. The summed E-state index contributed by atoms with van der Waals surface area (Å²) in [6, 6.07) is 15.7. The molecule has 0 radical (unpaired) electrons. The molecule has 2 aromatic carbocycles. The van der Waals surface area contributed by atoms with Gasteiger partial charge in [0.2, 0.25) is 0 Å². The molecule has 0 aromatic heterocycles. The molecule has 2 aromatic rings. The molecule has 0 saturated heterocycles. The minimum absolute atomic E-state index is 0.0922. The number of hydrogen-bond donors (Lipinski definition) is 0. The summed E-state index contributed by atoms with van der Waals surface area (Å²) in [7, 11) is 0. The van der Waals surface area contributed by atoms with Crippen LogP contribution < -0.4 is 5.11 Å². The van der Waals surface area contributed by atoms with Crippen LogP contribution in [0.3, 0.4) is 0 Å². The van der Waals surface area contributed by atoms with Crippen molar-refractivity contribution in [2.24, 2.45) is 0 Å². The number of carbonyl (C=O) groups is 1. The van der Waals surface area contributed by atoms with E-state index < -0.39 is 0 Å². The lowest BCUT2D eigenvalue weighted by Gasteiger charge is -2.19. The van der Waals surface area contributed by atoms with Crippen molar-refractivity contribution in [3.8, 4) is 5.75 Å². The maximum atomic E-state index is 12.2. The Labute approximate surface area is 161 Å². The summed E-state index contributed by atoms with van der Waals surface area (Å²) >= 11 is 0. The average molecular weight is 357 g/mol. The highest BCUT2D eigenvalue weighted by Gasteiger charge is 2.16. The van der Waals surface area contributed by atoms with Gasteiger partial charge in [0.25, 0.3) is 0 Å². The van der Waals surface area contributed by atoms with Gasteiger partial charge in [-0.25, -0.2) is 0 Å². The van der Waals surface area contributed by atoms with Crippen LogP contribution in [0.25, 0.3) is 5.57 Å². The van der Waals surface area contributed by atoms with Gasteiger partial charge in [-0.15, -0.1) is 5.75 Å². The van der Waals surface area contributed by atoms with E-state index in [4.69, 9.17) is 0 Å². The lowest BCUT2D eigenvalue weighted by molar-refractivity contribution is -0.269. The van der Waals surface area contributed by atoms with E-state index in [9.17, 15) is 9.90 Å². The molecule has 0 aliphatic heterocycles. The maximum Gasteiger partial charge on any atom is 0.181 e. The fourth-order valence-corrected chi connectivity index (χ4v) is 3.50. The van der Waals surface area contributed by atoms with Crippen LogP contribution >= 0.6 is 0 Å². The van der Waals surface area contributed by atoms with E-state index in [0.717, 1.165) is 59.1 Å². The Hall–Kier alpha value is -2.87. The second kappa shape index (κ2) is 8.68. The number of benzene rings is 2. The number of hydrogen-bond acceptors (Lipinski definition) is 2.